The van der Waals surface area contributed by atoms with Gasteiger partial charge >= 0.3 is 0 Å². The van der Waals surface area contributed by atoms with Gasteiger partial charge in [0.15, 0.2) is 0 Å². The Bertz CT molecular complexity index is 597. The van der Waals surface area contributed by atoms with Crippen molar-refractivity contribution in [3.63, 3.8) is 0 Å². The zero-order valence-corrected chi connectivity index (χ0v) is 11.9. The molecule has 0 spiro atoms. The third kappa shape index (κ3) is 5.10. The number of aromatic nitrogens is 3. The van der Waals surface area contributed by atoms with Crippen LogP contribution < -0.4 is 4.72 Å². The number of hydrogen-bond acceptors (Lipinski definition) is 4. The highest BCUT2D eigenvalue weighted by molar-refractivity contribution is 7.89. The number of hydrogen-bond donors (Lipinski definition) is 2. The van der Waals surface area contributed by atoms with Gasteiger partial charge in [-0.2, -0.15) is 5.10 Å². The number of sulfonamides is 1. The van der Waals surface area contributed by atoms with E-state index in [0.717, 1.165) is 11.4 Å². The molecule has 0 aliphatic heterocycles. The summed E-state index contributed by atoms with van der Waals surface area (Å²) >= 11 is 0. The maximum Gasteiger partial charge on any atom is 0.211 e. The highest BCUT2D eigenvalue weighted by atomic mass is 32.2. The number of nitrogens with zero attached hydrogens (tertiary/aromatic N) is 2. The molecule has 0 amide bonds. The fourth-order valence-electron chi connectivity index (χ4n) is 1.80. The maximum atomic E-state index is 11.8. The molecule has 6 nitrogen and oxygen atoms in total. The first-order valence-electron chi connectivity index (χ1n) is 6.51. The second-order valence-corrected chi connectivity index (χ2v) is 6.41. The monoisotopic (exact) mass is 294 g/mol. The van der Waals surface area contributed by atoms with Crippen LogP contribution >= 0.6 is 0 Å². The van der Waals surface area contributed by atoms with Gasteiger partial charge in [0, 0.05) is 13.0 Å². The van der Waals surface area contributed by atoms with Crippen LogP contribution in [0.2, 0.25) is 0 Å². The van der Waals surface area contributed by atoms with E-state index in [1.807, 2.05) is 30.3 Å². The summed E-state index contributed by atoms with van der Waals surface area (Å²) in [6.45, 7) is 0.415. The van der Waals surface area contributed by atoms with Crippen LogP contribution in [-0.2, 0) is 22.9 Å². The smallest absolute Gasteiger partial charge is 0.211 e. The second-order valence-electron chi connectivity index (χ2n) is 4.48. The Morgan fingerprint density at radius 3 is 2.65 bits per heavy atom. The molecule has 0 saturated carbocycles. The van der Waals surface area contributed by atoms with Gasteiger partial charge in [-0.15, -0.1) is 0 Å². The zero-order valence-electron chi connectivity index (χ0n) is 11.1. The number of H-pyrrole nitrogens is 1. The molecule has 0 aliphatic rings. The minimum atomic E-state index is -3.22. The molecule has 0 atom stereocenters. The van der Waals surface area contributed by atoms with Gasteiger partial charge in [-0.05, 0) is 18.4 Å². The van der Waals surface area contributed by atoms with E-state index >= 15 is 0 Å². The average Bonchev–Trinajstić information content (AvgIpc) is 2.96. The van der Waals surface area contributed by atoms with Crippen LogP contribution in [0, 0.1) is 0 Å². The van der Waals surface area contributed by atoms with Crippen molar-refractivity contribution in [1.29, 1.82) is 0 Å². The summed E-state index contributed by atoms with van der Waals surface area (Å²) in [5.74, 6) is 0.882. The summed E-state index contributed by atoms with van der Waals surface area (Å²) in [5.41, 5.74) is 1.03. The van der Waals surface area contributed by atoms with E-state index < -0.39 is 10.0 Å². The first-order chi connectivity index (χ1) is 9.66. The molecule has 0 saturated heterocycles. The van der Waals surface area contributed by atoms with Crippen LogP contribution in [0.3, 0.4) is 0 Å². The number of nitrogens with one attached hydrogen (secondary N) is 2. The van der Waals surface area contributed by atoms with E-state index in [2.05, 4.69) is 19.9 Å². The van der Waals surface area contributed by atoms with Crippen molar-refractivity contribution < 1.29 is 8.42 Å². The fraction of sp³-hybridized carbons (Fsp3) is 0.385. The van der Waals surface area contributed by atoms with Gasteiger partial charge < -0.3 is 0 Å². The zero-order chi connectivity index (χ0) is 14.3. The molecule has 0 bridgehead atoms. The van der Waals surface area contributed by atoms with Crippen molar-refractivity contribution in [3.8, 4) is 0 Å². The third-order valence-corrected chi connectivity index (χ3v) is 4.27. The lowest BCUT2D eigenvalue weighted by Gasteiger charge is -2.06. The van der Waals surface area contributed by atoms with E-state index in [-0.39, 0.29) is 5.75 Å². The third-order valence-electron chi connectivity index (χ3n) is 2.88. The SMILES string of the molecule is O=S(=O)(CCc1ccccc1)NCCCc1ncn[nH]1. The molecule has 0 fully saturated rings. The summed E-state index contributed by atoms with van der Waals surface area (Å²) in [6.07, 6.45) is 3.35. The minimum absolute atomic E-state index is 0.110. The van der Waals surface area contributed by atoms with E-state index in [1.54, 1.807) is 0 Å². The minimum Gasteiger partial charge on any atom is -0.263 e. The molecule has 7 heteroatoms. The maximum absolute atomic E-state index is 11.8. The molecule has 1 aromatic heterocycles. The number of aryl methyl sites for hydroxylation is 2. The molecule has 1 aromatic carbocycles. The normalized spacial score (nSPS) is 11.6. The molecular formula is C13H18N4O2S. The molecule has 0 unspecified atom stereocenters. The quantitative estimate of drug-likeness (QED) is 0.708. The predicted octanol–water partition coefficient (Wildman–Crippen LogP) is 0.899. The van der Waals surface area contributed by atoms with Crippen LogP contribution in [0.4, 0.5) is 0 Å². The summed E-state index contributed by atoms with van der Waals surface area (Å²) in [7, 11) is -3.22. The first-order valence-corrected chi connectivity index (χ1v) is 8.16. The Balaban J connectivity index is 1.68. The molecule has 2 rings (SSSR count). The topological polar surface area (TPSA) is 87.7 Å². The van der Waals surface area contributed by atoms with Crippen molar-refractivity contribution in [2.45, 2.75) is 19.3 Å². The average molecular weight is 294 g/mol. The Labute approximate surface area is 118 Å². The summed E-state index contributed by atoms with van der Waals surface area (Å²) in [5, 5.41) is 6.48. The van der Waals surface area contributed by atoms with Crippen LogP contribution in [0.1, 0.15) is 17.8 Å². The largest absolute Gasteiger partial charge is 0.263 e. The molecule has 2 aromatic rings. The predicted molar refractivity (Wildman–Crippen MR) is 76.6 cm³/mol. The molecule has 2 N–H and O–H groups in total. The van der Waals surface area contributed by atoms with Crippen molar-refractivity contribution >= 4 is 10.0 Å². The Kier molecular flexibility index (Phi) is 5.25. The molecule has 20 heavy (non-hydrogen) atoms. The highest BCUT2D eigenvalue weighted by Crippen LogP contribution is 2.01. The molecule has 1 heterocycles. The Hall–Kier alpha value is -1.73. The van der Waals surface area contributed by atoms with E-state index in [4.69, 9.17) is 0 Å². The highest BCUT2D eigenvalue weighted by Gasteiger charge is 2.09. The number of benzene rings is 1. The lowest BCUT2D eigenvalue weighted by molar-refractivity contribution is 0.577. The van der Waals surface area contributed by atoms with E-state index in [1.165, 1.54) is 6.33 Å². The van der Waals surface area contributed by atoms with Crippen LogP contribution in [0.15, 0.2) is 36.7 Å². The van der Waals surface area contributed by atoms with Crippen molar-refractivity contribution in [3.05, 3.63) is 48.0 Å². The van der Waals surface area contributed by atoms with Crippen molar-refractivity contribution in [2.24, 2.45) is 0 Å². The Morgan fingerprint density at radius 2 is 1.95 bits per heavy atom. The summed E-state index contributed by atoms with van der Waals surface area (Å²) in [6, 6.07) is 9.60. The molecule has 0 aliphatic carbocycles. The van der Waals surface area contributed by atoms with Crippen LogP contribution in [-0.4, -0.2) is 35.9 Å². The van der Waals surface area contributed by atoms with Gasteiger partial charge in [0.1, 0.15) is 12.2 Å². The van der Waals surface area contributed by atoms with Crippen molar-refractivity contribution in [2.75, 3.05) is 12.3 Å². The fourth-order valence-corrected chi connectivity index (χ4v) is 2.91. The van der Waals surface area contributed by atoms with E-state index in [0.29, 0.717) is 25.8 Å². The Morgan fingerprint density at radius 1 is 1.15 bits per heavy atom. The van der Waals surface area contributed by atoms with Gasteiger partial charge in [0.05, 0.1) is 5.75 Å². The van der Waals surface area contributed by atoms with Gasteiger partial charge in [-0.25, -0.2) is 18.1 Å². The lowest BCUT2D eigenvalue weighted by Crippen LogP contribution is -2.28. The summed E-state index contributed by atoms with van der Waals surface area (Å²) in [4.78, 5) is 3.98. The number of aromatic amines is 1. The number of rotatable bonds is 8. The molecule has 108 valence electrons. The van der Waals surface area contributed by atoms with Gasteiger partial charge in [0.2, 0.25) is 10.0 Å². The first kappa shape index (κ1) is 14.7. The van der Waals surface area contributed by atoms with Crippen LogP contribution in [0.25, 0.3) is 0 Å². The summed E-state index contributed by atoms with van der Waals surface area (Å²) < 4.78 is 26.2. The van der Waals surface area contributed by atoms with Gasteiger partial charge in [-0.3, -0.25) is 5.10 Å². The van der Waals surface area contributed by atoms with Crippen LogP contribution in [0.5, 0.6) is 0 Å². The lowest BCUT2D eigenvalue weighted by atomic mass is 10.2. The van der Waals surface area contributed by atoms with Gasteiger partial charge in [-0.1, -0.05) is 30.3 Å². The molecular weight excluding hydrogens is 276 g/mol. The second kappa shape index (κ2) is 7.16. The molecule has 0 radical (unpaired) electrons. The van der Waals surface area contributed by atoms with E-state index in [9.17, 15) is 8.42 Å². The standard InChI is InChI=1S/C13H18N4O2S/c18-20(19,10-8-12-5-2-1-3-6-12)16-9-4-7-13-14-11-15-17-13/h1-3,5-6,11,16H,4,7-10H2,(H,14,15,17). The van der Waals surface area contributed by atoms with Gasteiger partial charge in [0.25, 0.3) is 0 Å². The van der Waals surface area contributed by atoms with Crippen molar-refractivity contribution in [1.82, 2.24) is 19.9 Å².